The Kier molecular flexibility index (Phi) is 2.78. The lowest BCUT2D eigenvalue weighted by Gasteiger charge is -2.36. The highest BCUT2D eigenvalue weighted by molar-refractivity contribution is 5.95. The lowest BCUT2D eigenvalue weighted by molar-refractivity contribution is -0.137. The van der Waals surface area contributed by atoms with Gasteiger partial charge in [0.15, 0.2) is 0 Å². The van der Waals surface area contributed by atoms with Crippen LogP contribution in [0.15, 0.2) is 0 Å². The van der Waals surface area contributed by atoms with E-state index in [1.165, 1.54) is 12.8 Å². The molecule has 84 valence electrons. The van der Waals surface area contributed by atoms with Gasteiger partial charge in [0.2, 0.25) is 5.91 Å². The maximum atomic E-state index is 11.2. The van der Waals surface area contributed by atoms with Crippen molar-refractivity contribution in [2.45, 2.75) is 25.7 Å². The number of amides is 1. The molecule has 15 heavy (non-hydrogen) atoms. The van der Waals surface area contributed by atoms with Crippen LogP contribution in [0.2, 0.25) is 0 Å². The third-order valence-corrected chi connectivity index (χ3v) is 3.68. The van der Waals surface area contributed by atoms with Crippen LogP contribution < -0.4 is 5.73 Å². The molecule has 0 bridgehead atoms. The van der Waals surface area contributed by atoms with Crippen LogP contribution in [0.25, 0.3) is 0 Å². The first kappa shape index (κ1) is 10.6. The van der Waals surface area contributed by atoms with Crippen molar-refractivity contribution in [1.82, 2.24) is 4.90 Å². The van der Waals surface area contributed by atoms with Crippen molar-refractivity contribution in [3.05, 3.63) is 0 Å². The summed E-state index contributed by atoms with van der Waals surface area (Å²) in [5, 5.41) is 0. The number of hydrogen-bond donors (Lipinski definition) is 1. The van der Waals surface area contributed by atoms with E-state index in [2.05, 4.69) is 4.90 Å². The number of piperidine rings is 1. The molecular formula is C11H18N2O2. The van der Waals surface area contributed by atoms with Gasteiger partial charge in [0.1, 0.15) is 11.7 Å². The molecule has 4 heteroatoms. The molecule has 0 aromatic rings. The standard InChI is InChI=1S/C11H18N2O2/c12-10(15)11(8-14)3-5-13(6-4-11)7-9-1-2-9/h8-9H,1-7H2,(H2,12,15). The first-order chi connectivity index (χ1) is 7.16. The Morgan fingerprint density at radius 2 is 2.00 bits per heavy atom. The Morgan fingerprint density at radius 1 is 1.40 bits per heavy atom. The molecule has 2 aliphatic rings. The number of carbonyl (C=O) groups is 2. The van der Waals surface area contributed by atoms with Crippen LogP contribution in [-0.2, 0) is 9.59 Å². The highest BCUT2D eigenvalue weighted by atomic mass is 16.2. The van der Waals surface area contributed by atoms with Crippen molar-refractivity contribution in [3.8, 4) is 0 Å². The molecule has 0 spiro atoms. The zero-order valence-corrected chi connectivity index (χ0v) is 8.95. The van der Waals surface area contributed by atoms with E-state index < -0.39 is 11.3 Å². The molecule has 2 rings (SSSR count). The number of hydrogen-bond acceptors (Lipinski definition) is 3. The molecule has 2 N–H and O–H groups in total. The smallest absolute Gasteiger partial charge is 0.230 e. The van der Waals surface area contributed by atoms with Crippen molar-refractivity contribution in [1.29, 1.82) is 0 Å². The number of likely N-dealkylation sites (tertiary alicyclic amines) is 1. The normalized spacial score (nSPS) is 26.1. The van der Waals surface area contributed by atoms with Crippen molar-refractivity contribution >= 4 is 12.2 Å². The Morgan fingerprint density at radius 3 is 2.40 bits per heavy atom. The molecule has 1 aliphatic carbocycles. The minimum atomic E-state index is -0.875. The third kappa shape index (κ3) is 2.20. The van der Waals surface area contributed by atoms with Crippen molar-refractivity contribution in [2.75, 3.05) is 19.6 Å². The van der Waals surface area contributed by atoms with Crippen molar-refractivity contribution in [2.24, 2.45) is 17.1 Å². The molecule has 1 aliphatic heterocycles. The summed E-state index contributed by atoms with van der Waals surface area (Å²) in [5.74, 6) is 0.408. The van der Waals surface area contributed by atoms with Gasteiger partial charge in [0.05, 0.1) is 0 Å². The van der Waals surface area contributed by atoms with Gasteiger partial charge in [0, 0.05) is 6.54 Å². The van der Waals surface area contributed by atoms with Crippen LogP contribution in [0.3, 0.4) is 0 Å². The maximum absolute atomic E-state index is 11.2. The molecule has 0 radical (unpaired) electrons. The zero-order valence-electron chi connectivity index (χ0n) is 8.95. The summed E-state index contributed by atoms with van der Waals surface area (Å²) < 4.78 is 0. The quantitative estimate of drug-likeness (QED) is 0.531. The summed E-state index contributed by atoms with van der Waals surface area (Å²) in [6.45, 7) is 2.80. The van der Waals surface area contributed by atoms with E-state index in [4.69, 9.17) is 5.73 Å². The van der Waals surface area contributed by atoms with Gasteiger partial charge >= 0.3 is 0 Å². The van der Waals surface area contributed by atoms with Gasteiger partial charge in [-0.25, -0.2) is 0 Å². The Labute approximate surface area is 89.8 Å². The molecule has 2 fully saturated rings. The molecule has 1 saturated carbocycles. The van der Waals surface area contributed by atoms with Gasteiger partial charge in [0.25, 0.3) is 0 Å². The molecule has 0 atom stereocenters. The van der Waals surface area contributed by atoms with Crippen molar-refractivity contribution in [3.63, 3.8) is 0 Å². The summed E-state index contributed by atoms with van der Waals surface area (Å²) in [5.41, 5.74) is 4.41. The highest BCUT2D eigenvalue weighted by Gasteiger charge is 2.40. The van der Waals surface area contributed by atoms with E-state index in [9.17, 15) is 9.59 Å². The summed E-state index contributed by atoms with van der Waals surface area (Å²) >= 11 is 0. The fourth-order valence-electron chi connectivity index (χ4n) is 2.22. The van der Waals surface area contributed by atoms with Gasteiger partial charge in [-0.15, -0.1) is 0 Å². The van der Waals surface area contributed by atoms with Crippen LogP contribution in [0, 0.1) is 11.3 Å². The fraction of sp³-hybridized carbons (Fsp3) is 0.818. The zero-order chi connectivity index (χ0) is 10.9. The summed E-state index contributed by atoms with van der Waals surface area (Å²) in [7, 11) is 0. The largest absolute Gasteiger partial charge is 0.369 e. The Balaban J connectivity index is 1.88. The lowest BCUT2D eigenvalue weighted by atomic mass is 9.79. The predicted octanol–water partition coefficient (Wildman–Crippen LogP) is 0.163. The number of aldehydes is 1. The van der Waals surface area contributed by atoms with Gasteiger partial charge in [-0.2, -0.15) is 0 Å². The Hall–Kier alpha value is -0.900. The Bertz CT molecular complexity index is 266. The second-order valence-corrected chi connectivity index (χ2v) is 4.88. The van der Waals surface area contributed by atoms with Gasteiger partial charge in [-0.1, -0.05) is 0 Å². The second kappa shape index (κ2) is 3.93. The number of nitrogens with zero attached hydrogens (tertiary/aromatic N) is 1. The van der Waals surface area contributed by atoms with Crippen LogP contribution in [0.4, 0.5) is 0 Å². The number of carbonyl (C=O) groups excluding carboxylic acids is 2. The average Bonchev–Trinajstić information content (AvgIpc) is 3.03. The van der Waals surface area contributed by atoms with Crippen LogP contribution in [-0.4, -0.2) is 36.7 Å². The van der Waals surface area contributed by atoms with E-state index >= 15 is 0 Å². The first-order valence-electron chi connectivity index (χ1n) is 5.65. The maximum Gasteiger partial charge on any atom is 0.230 e. The van der Waals surface area contributed by atoms with Crippen molar-refractivity contribution < 1.29 is 9.59 Å². The molecule has 1 amide bonds. The molecule has 0 aromatic heterocycles. The molecule has 4 nitrogen and oxygen atoms in total. The van der Waals surface area contributed by atoms with Gasteiger partial charge in [-0.3, -0.25) is 4.79 Å². The molecule has 0 unspecified atom stereocenters. The second-order valence-electron chi connectivity index (χ2n) is 4.88. The van der Waals surface area contributed by atoms with Gasteiger partial charge < -0.3 is 15.4 Å². The van der Waals surface area contributed by atoms with E-state index in [1.807, 2.05) is 0 Å². The third-order valence-electron chi connectivity index (χ3n) is 3.68. The lowest BCUT2D eigenvalue weighted by Crippen LogP contribution is -2.48. The number of primary amides is 1. The number of rotatable bonds is 4. The summed E-state index contributed by atoms with van der Waals surface area (Å²) in [4.78, 5) is 24.5. The first-order valence-corrected chi connectivity index (χ1v) is 5.65. The average molecular weight is 210 g/mol. The summed E-state index contributed by atoms with van der Waals surface area (Å²) in [6.07, 6.45) is 4.62. The monoisotopic (exact) mass is 210 g/mol. The topological polar surface area (TPSA) is 63.4 Å². The van der Waals surface area contributed by atoms with Gasteiger partial charge in [-0.05, 0) is 44.7 Å². The predicted molar refractivity (Wildman–Crippen MR) is 56.1 cm³/mol. The van der Waals surface area contributed by atoms with Crippen LogP contribution in [0.5, 0.6) is 0 Å². The van der Waals surface area contributed by atoms with E-state index in [-0.39, 0.29) is 0 Å². The SMILES string of the molecule is NC(=O)C1(C=O)CCN(CC2CC2)CC1. The molecule has 1 saturated heterocycles. The fourth-order valence-corrected chi connectivity index (χ4v) is 2.22. The molecular weight excluding hydrogens is 192 g/mol. The number of nitrogens with two attached hydrogens (primary N) is 1. The summed E-state index contributed by atoms with van der Waals surface area (Å²) in [6, 6.07) is 0. The molecule has 1 heterocycles. The molecule has 0 aromatic carbocycles. The van der Waals surface area contributed by atoms with E-state index in [0.29, 0.717) is 12.8 Å². The highest BCUT2D eigenvalue weighted by Crippen LogP contribution is 2.33. The van der Waals surface area contributed by atoms with Crippen LogP contribution >= 0.6 is 0 Å². The van der Waals surface area contributed by atoms with Crippen LogP contribution in [0.1, 0.15) is 25.7 Å². The minimum Gasteiger partial charge on any atom is -0.369 e. The van der Waals surface area contributed by atoms with E-state index in [0.717, 1.165) is 31.8 Å². The van der Waals surface area contributed by atoms with E-state index in [1.54, 1.807) is 0 Å². The minimum absolute atomic E-state index is 0.455.